The summed E-state index contributed by atoms with van der Waals surface area (Å²) in [7, 11) is 0. The zero-order chi connectivity index (χ0) is 12.5. The van der Waals surface area contributed by atoms with Crippen LogP contribution in [0.15, 0.2) is 0 Å². The van der Waals surface area contributed by atoms with Gasteiger partial charge in [-0.25, -0.2) is 0 Å². The van der Waals surface area contributed by atoms with Gasteiger partial charge < -0.3 is 11.1 Å². The first-order chi connectivity index (χ1) is 8.04. The van der Waals surface area contributed by atoms with E-state index < -0.39 is 0 Å². The number of nitrogens with two attached hydrogens (primary N) is 1. The van der Waals surface area contributed by atoms with Gasteiger partial charge in [-0.05, 0) is 31.1 Å². The highest BCUT2D eigenvalue weighted by Gasteiger charge is 2.47. The van der Waals surface area contributed by atoms with Crippen molar-refractivity contribution in [3.63, 3.8) is 0 Å². The fourth-order valence-corrected chi connectivity index (χ4v) is 3.80. The average molecular weight is 239 g/mol. The molecule has 2 rings (SSSR count). The predicted octanol–water partition coefficient (Wildman–Crippen LogP) is 0.572. The first-order valence-electron chi connectivity index (χ1n) is 6.80. The maximum Gasteiger partial charge on any atom is 0.237 e. The molecule has 4 heteroatoms. The number of piperazine rings is 1. The van der Waals surface area contributed by atoms with Crippen molar-refractivity contribution in [3.05, 3.63) is 0 Å². The summed E-state index contributed by atoms with van der Waals surface area (Å²) in [5, 5.41) is 3.34. The van der Waals surface area contributed by atoms with Crippen molar-refractivity contribution in [2.75, 3.05) is 26.2 Å². The second-order valence-corrected chi connectivity index (χ2v) is 5.99. The van der Waals surface area contributed by atoms with Crippen molar-refractivity contribution in [2.24, 2.45) is 17.6 Å². The molecule has 4 nitrogen and oxygen atoms in total. The SMILES string of the molecule is CC1CC(C)CC(C(N)=O)(N2CCNCC2)C1. The van der Waals surface area contributed by atoms with Crippen LogP contribution in [-0.4, -0.2) is 42.5 Å². The third kappa shape index (κ3) is 2.47. The molecule has 17 heavy (non-hydrogen) atoms. The zero-order valence-electron chi connectivity index (χ0n) is 11.0. The van der Waals surface area contributed by atoms with E-state index in [0.29, 0.717) is 11.8 Å². The van der Waals surface area contributed by atoms with Gasteiger partial charge >= 0.3 is 0 Å². The third-order valence-corrected chi connectivity index (χ3v) is 4.36. The van der Waals surface area contributed by atoms with Crippen molar-refractivity contribution in [1.29, 1.82) is 0 Å². The van der Waals surface area contributed by atoms with Gasteiger partial charge in [-0.15, -0.1) is 0 Å². The largest absolute Gasteiger partial charge is 0.368 e. The highest BCUT2D eigenvalue weighted by molar-refractivity contribution is 5.85. The Morgan fingerprint density at radius 1 is 1.24 bits per heavy atom. The van der Waals surface area contributed by atoms with Crippen molar-refractivity contribution in [2.45, 2.75) is 38.6 Å². The Labute approximate surface area is 104 Å². The molecule has 0 aromatic rings. The van der Waals surface area contributed by atoms with E-state index in [-0.39, 0.29) is 11.4 Å². The lowest BCUT2D eigenvalue weighted by Crippen LogP contribution is -2.64. The standard InChI is InChI=1S/C13H25N3O/c1-10-7-11(2)9-13(8-10,12(14)17)16-5-3-15-4-6-16/h10-11,15H,3-9H2,1-2H3,(H2,14,17). The van der Waals surface area contributed by atoms with Gasteiger partial charge in [-0.2, -0.15) is 0 Å². The van der Waals surface area contributed by atoms with Gasteiger partial charge in [0.25, 0.3) is 0 Å². The quantitative estimate of drug-likeness (QED) is 0.741. The lowest BCUT2D eigenvalue weighted by Gasteiger charge is -2.49. The van der Waals surface area contributed by atoms with Crippen LogP contribution in [0.1, 0.15) is 33.1 Å². The zero-order valence-corrected chi connectivity index (χ0v) is 11.0. The molecule has 1 amide bonds. The van der Waals surface area contributed by atoms with Gasteiger partial charge in [0.1, 0.15) is 5.54 Å². The molecule has 98 valence electrons. The van der Waals surface area contributed by atoms with Gasteiger partial charge in [-0.3, -0.25) is 9.69 Å². The first kappa shape index (κ1) is 12.8. The average Bonchev–Trinajstić information content (AvgIpc) is 2.28. The lowest BCUT2D eigenvalue weighted by molar-refractivity contribution is -0.136. The molecular formula is C13H25N3O. The summed E-state index contributed by atoms with van der Waals surface area (Å²) >= 11 is 0. The minimum atomic E-state index is -0.376. The lowest BCUT2D eigenvalue weighted by atomic mass is 9.70. The van der Waals surface area contributed by atoms with Crippen molar-refractivity contribution in [3.8, 4) is 0 Å². The van der Waals surface area contributed by atoms with Crippen LogP contribution in [0.2, 0.25) is 0 Å². The Balaban J connectivity index is 2.21. The molecule has 2 fully saturated rings. The number of amides is 1. The molecule has 1 saturated carbocycles. The topological polar surface area (TPSA) is 58.4 Å². The number of rotatable bonds is 2. The number of nitrogens with one attached hydrogen (secondary N) is 1. The van der Waals surface area contributed by atoms with Gasteiger partial charge in [0.05, 0.1) is 0 Å². The summed E-state index contributed by atoms with van der Waals surface area (Å²) in [6.45, 7) is 8.32. The summed E-state index contributed by atoms with van der Waals surface area (Å²) < 4.78 is 0. The summed E-state index contributed by atoms with van der Waals surface area (Å²) in [5.41, 5.74) is 5.38. The molecular weight excluding hydrogens is 214 g/mol. The van der Waals surface area contributed by atoms with Gasteiger partial charge in [0.2, 0.25) is 5.91 Å². The molecule has 0 aromatic heterocycles. The van der Waals surface area contributed by atoms with Crippen LogP contribution in [-0.2, 0) is 4.79 Å². The summed E-state index contributed by atoms with van der Waals surface area (Å²) in [6, 6.07) is 0. The number of primary amides is 1. The van der Waals surface area contributed by atoms with Gasteiger partial charge in [0.15, 0.2) is 0 Å². The smallest absolute Gasteiger partial charge is 0.237 e. The number of hydrogen-bond donors (Lipinski definition) is 2. The van der Waals surface area contributed by atoms with Crippen LogP contribution in [0, 0.1) is 11.8 Å². The maximum atomic E-state index is 12.0. The van der Waals surface area contributed by atoms with Gasteiger partial charge in [-0.1, -0.05) is 13.8 Å². The van der Waals surface area contributed by atoms with E-state index in [1.54, 1.807) is 0 Å². The Hall–Kier alpha value is -0.610. The van der Waals surface area contributed by atoms with Crippen LogP contribution >= 0.6 is 0 Å². The van der Waals surface area contributed by atoms with E-state index in [1.807, 2.05) is 0 Å². The van der Waals surface area contributed by atoms with Crippen molar-refractivity contribution in [1.82, 2.24) is 10.2 Å². The Kier molecular flexibility index (Phi) is 3.73. The number of nitrogens with zero attached hydrogens (tertiary/aromatic N) is 1. The fraction of sp³-hybridized carbons (Fsp3) is 0.923. The maximum absolute atomic E-state index is 12.0. The molecule has 2 aliphatic rings. The van der Waals surface area contributed by atoms with Crippen molar-refractivity contribution < 1.29 is 4.79 Å². The summed E-state index contributed by atoms with van der Waals surface area (Å²) in [6.07, 6.45) is 3.10. The van der Waals surface area contributed by atoms with E-state index in [9.17, 15) is 4.79 Å². The predicted molar refractivity (Wildman–Crippen MR) is 68.5 cm³/mol. The van der Waals surface area contributed by atoms with E-state index in [0.717, 1.165) is 39.0 Å². The summed E-state index contributed by atoms with van der Waals surface area (Å²) in [4.78, 5) is 14.4. The van der Waals surface area contributed by atoms with Crippen LogP contribution in [0.5, 0.6) is 0 Å². The Morgan fingerprint density at radius 3 is 2.24 bits per heavy atom. The van der Waals surface area contributed by atoms with Crippen LogP contribution < -0.4 is 11.1 Å². The summed E-state index contributed by atoms with van der Waals surface area (Å²) in [5.74, 6) is 1.08. The van der Waals surface area contributed by atoms with Crippen LogP contribution in [0.25, 0.3) is 0 Å². The number of hydrogen-bond acceptors (Lipinski definition) is 3. The Bertz CT molecular complexity index is 276. The third-order valence-electron chi connectivity index (χ3n) is 4.36. The molecule has 1 saturated heterocycles. The van der Waals surface area contributed by atoms with Crippen LogP contribution in [0.3, 0.4) is 0 Å². The van der Waals surface area contributed by atoms with E-state index >= 15 is 0 Å². The van der Waals surface area contributed by atoms with Crippen LogP contribution in [0.4, 0.5) is 0 Å². The van der Waals surface area contributed by atoms with E-state index in [1.165, 1.54) is 6.42 Å². The highest BCUT2D eigenvalue weighted by Crippen LogP contribution is 2.39. The highest BCUT2D eigenvalue weighted by atomic mass is 16.1. The number of carbonyl (C=O) groups is 1. The Morgan fingerprint density at radius 2 is 1.76 bits per heavy atom. The molecule has 0 spiro atoms. The molecule has 1 heterocycles. The fourth-order valence-electron chi connectivity index (χ4n) is 3.80. The van der Waals surface area contributed by atoms with Gasteiger partial charge in [0, 0.05) is 26.2 Å². The minimum Gasteiger partial charge on any atom is -0.368 e. The van der Waals surface area contributed by atoms with E-state index in [4.69, 9.17) is 5.73 Å². The second kappa shape index (κ2) is 4.94. The minimum absolute atomic E-state index is 0.113. The van der Waals surface area contributed by atoms with E-state index in [2.05, 4.69) is 24.1 Å². The monoisotopic (exact) mass is 239 g/mol. The van der Waals surface area contributed by atoms with Crippen molar-refractivity contribution >= 4 is 5.91 Å². The molecule has 1 aliphatic heterocycles. The first-order valence-corrected chi connectivity index (χ1v) is 6.80. The normalized spacial score (nSPS) is 40.1. The number of carbonyl (C=O) groups excluding carboxylic acids is 1. The molecule has 0 bridgehead atoms. The molecule has 2 unspecified atom stereocenters. The molecule has 3 N–H and O–H groups in total. The second-order valence-electron chi connectivity index (χ2n) is 5.99. The molecule has 2 atom stereocenters. The molecule has 1 aliphatic carbocycles. The molecule has 0 aromatic carbocycles. The molecule has 0 radical (unpaired) electrons.